The maximum Gasteiger partial charge on any atom is 0.119 e. The van der Waals surface area contributed by atoms with Crippen LogP contribution in [0.1, 0.15) is 25.5 Å². The molecule has 0 bridgehead atoms. The highest BCUT2D eigenvalue weighted by Gasteiger charge is 2.01. The van der Waals surface area contributed by atoms with Gasteiger partial charge in [0.05, 0.1) is 6.10 Å². The third kappa shape index (κ3) is 2.89. The van der Waals surface area contributed by atoms with Gasteiger partial charge in [0.25, 0.3) is 0 Å². The second kappa shape index (κ2) is 4.82. The third-order valence-electron chi connectivity index (χ3n) is 1.89. The third-order valence-corrected chi connectivity index (χ3v) is 1.89. The first-order valence-corrected chi connectivity index (χ1v) is 4.78. The van der Waals surface area contributed by atoms with Gasteiger partial charge in [0.15, 0.2) is 0 Å². The summed E-state index contributed by atoms with van der Waals surface area (Å²) in [5.41, 5.74) is 6.84. The van der Waals surface area contributed by atoms with Crippen LogP contribution in [0.2, 0.25) is 0 Å². The Morgan fingerprint density at radius 1 is 1.29 bits per heavy atom. The molecule has 0 aliphatic heterocycles. The molecule has 0 aliphatic carbocycles. The van der Waals surface area contributed by atoms with Crippen LogP contribution < -0.4 is 10.5 Å². The molecular weight excluding hydrogens is 174 g/mol. The molecule has 0 amide bonds. The van der Waals surface area contributed by atoms with Crippen LogP contribution >= 0.6 is 0 Å². The molecule has 0 unspecified atom stereocenters. The normalized spacial score (nSPS) is 12.6. The Hall–Kier alpha value is -1.28. The van der Waals surface area contributed by atoms with E-state index in [0.29, 0.717) is 0 Å². The first-order valence-electron chi connectivity index (χ1n) is 4.78. The van der Waals surface area contributed by atoms with Crippen LogP contribution in [0.25, 0.3) is 0 Å². The van der Waals surface area contributed by atoms with Crippen molar-refractivity contribution >= 4 is 0 Å². The average Bonchev–Trinajstić information content (AvgIpc) is 2.17. The fraction of sp³-hybridized carbons (Fsp3) is 0.333. The molecule has 1 aromatic carbocycles. The summed E-state index contributed by atoms with van der Waals surface area (Å²) in [4.78, 5) is 0. The molecular formula is C12H17NO. The molecule has 0 aromatic heterocycles. The zero-order valence-electron chi connectivity index (χ0n) is 8.73. The number of benzene rings is 1. The second-order valence-corrected chi connectivity index (χ2v) is 3.50. The van der Waals surface area contributed by atoms with Gasteiger partial charge in [0.1, 0.15) is 5.75 Å². The molecule has 0 radical (unpaired) electrons. The first-order chi connectivity index (χ1) is 6.63. The van der Waals surface area contributed by atoms with Crippen molar-refractivity contribution in [2.45, 2.75) is 26.0 Å². The van der Waals surface area contributed by atoms with E-state index in [1.165, 1.54) is 0 Å². The summed E-state index contributed by atoms with van der Waals surface area (Å²) < 4.78 is 5.52. The van der Waals surface area contributed by atoms with Gasteiger partial charge in [0, 0.05) is 6.04 Å². The van der Waals surface area contributed by atoms with Crippen LogP contribution in [0.4, 0.5) is 0 Å². The molecule has 76 valence electrons. The van der Waals surface area contributed by atoms with Crippen LogP contribution in [-0.4, -0.2) is 6.10 Å². The SMILES string of the molecule is C=C[C@H](N)c1ccc(OC(C)C)cc1. The van der Waals surface area contributed by atoms with Gasteiger partial charge in [-0.2, -0.15) is 0 Å². The number of rotatable bonds is 4. The Morgan fingerprint density at radius 2 is 1.86 bits per heavy atom. The molecule has 1 atom stereocenters. The minimum Gasteiger partial charge on any atom is -0.491 e. The van der Waals surface area contributed by atoms with Crippen molar-refractivity contribution in [2.75, 3.05) is 0 Å². The first kappa shape index (κ1) is 10.8. The standard InChI is InChI=1S/C12H17NO/c1-4-12(13)10-5-7-11(8-6-10)14-9(2)3/h4-9,12H,1,13H2,2-3H3/t12-/m0/s1. The Balaban J connectivity index is 2.73. The van der Waals surface area contributed by atoms with E-state index in [0.717, 1.165) is 11.3 Å². The predicted octanol–water partition coefficient (Wildman–Crippen LogP) is 2.66. The lowest BCUT2D eigenvalue weighted by atomic mass is 10.1. The molecule has 0 aliphatic rings. The van der Waals surface area contributed by atoms with Gasteiger partial charge in [0.2, 0.25) is 0 Å². The summed E-state index contributed by atoms with van der Waals surface area (Å²) in [5, 5.41) is 0. The molecule has 2 N–H and O–H groups in total. The van der Waals surface area contributed by atoms with Crippen LogP contribution in [0.5, 0.6) is 5.75 Å². The number of nitrogens with two attached hydrogens (primary N) is 1. The fourth-order valence-electron chi connectivity index (χ4n) is 1.18. The maximum absolute atomic E-state index is 5.79. The number of ether oxygens (including phenoxy) is 1. The minimum atomic E-state index is -0.0944. The van der Waals surface area contributed by atoms with Crippen LogP contribution in [0, 0.1) is 0 Å². The molecule has 1 rings (SSSR count). The number of hydrogen-bond acceptors (Lipinski definition) is 2. The summed E-state index contributed by atoms with van der Waals surface area (Å²) in [6, 6.07) is 7.69. The Morgan fingerprint density at radius 3 is 2.29 bits per heavy atom. The van der Waals surface area contributed by atoms with Gasteiger partial charge in [-0.05, 0) is 31.5 Å². The van der Waals surface area contributed by atoms with Crippen molar-refractivity contribution < 1.29 is 4.74 Å². The summed E-state index contributed by atoms with van der Waals surface area (Å²) in [5.74, 6) is 0.875. The topological polar surface area (TPSA) is 35.2 Å². The predicted molar refractivity (Wildman–Crippen MR) is 59.3 cm³/mol. The Kier molecular flexibility index (Phi) is 3.72. The van der Waals surface area contributed by atoms with Gasteiger partial charge in [-0.3, -0.25) is 0 Å². The van der Waals surface area contributed by atoms with Crippen molar-refractivity contribution in [3.63, 3.8) is 0 Å². The van der Waals surface area contributed by atoms with E-state index < -0.39 is 0 Å². The summed E-state index contributed by atoms with van der Waals surface area (Å²) in [6.07, 6.45) is 1.92. The molecule has 2 nitrogen and oxygen atoms in total. The largest absolute Gasteiger partial charge is 0.491 e. The molecule has 0 fully saturated rings. The average molecular weight is 191 g/mol. The highest BCUT2D eigenvalue weighted by atomic mass is 16.5. The molecule has 0 heterocycles. The fourth-order valence-corrected chi connectivity index (χ4v) is 1.18. The van der Waals surface area contributed by atoms with Gasteiger partial charge >= 0.3 is 0 Å². The molecule has 14 heavy (non-hydrogen) atoms. The summed E-state index contributed by atoms with van der Waals surface area (Å²) in [7, 11) is 0. The van der Waals surface area contributed by atoms with Crippen molar-refractivity contribution in [1.82, 2.24) is 0 Å². The Labute approximate surface area is 85.4 Å². The smallest absolute Gasteiger partial charge is 0.119 e. The zero-order valence-corrected chi connectivity index (χ0v) is 8.73. The summed E-state index contributed by atoms with van der Waals surface area (Å²) in [6.45, 7) is 7.66. The maximum atomic E-state index is 5.79. The zero-order chi connectivity index (χ0) is 10.6. The van der Waals surface area contributed by atoms with Crippen molar-refractivity contribution in [2.24, 2.45) is 5.73 Å². The highest BCUT2D eigenvalue weighted by molar-refractivity contribution is 5.30. The van der Waals surface area contributed by atoms with E-state index in [-0.39, 0.29) is 12.1 Å². The van der Waals surface area contributed by atoms with Crippen molar-refractivity contribution in [3.05, 3.63) is 42.5 Å². The lowest BCUT2D eigenvalue weighted by molar-refractivity contribution is 0.242. The summed E-state index contributed by atoms with van der Waals surface area (Å²) >= 11 is 0. The lowest BCUT2D eigenvalue weighted by Crippen LogP contribution is -2.07. The molecule has 0 saturated carbocycles. The van der Waals surface area contributed by atoms with E-state index in [1.54, 1.807) is 6.08 Å². The Bertz CT molecular complexity index is 290. The molecule has 1 aromatic rings. The molecule has 0 spiro atoms. The van der Waals surface area contributed by atoms with Gasteiger partial charge in [-0.1, -0.05) is 18.2 Å². The van der Waals surface area contributed by atoms with E-state index in [9.17, 15) is 0 Å². The lowest BCUT2D eigenvalue weighted by Gasteiger charge is -2.11. The van der Waals surface area contributed by atoms with E-state index in [2.05, 4.69) is 6.58 Å². The van der Waals surface area contributed by atoms with Gasteiger partial charge < -0.3 is 10.5 Å². The van der Waals surface area contributed by atoms with Crippen LogP contribution in [0.3, 0.4) is 0 Å². The van der Waals surface area contributed by atoms with Gasteiger partial charge in [-0.25, -0.2) is 0 Å². The van der Waals surface area contributed by atoms with E-state index in [1.807, 2.05) is 38.1 Å². The van der Waals surface area contributed by atoms with Crippen LogP contribution in [0.15, 0.2) is 36.9 Å². The highest BCUT2D eigenvalue weighted by Crippen LogP contribution is 2.17. The second-order valence-electron chi connectivity index (χ2n) is 3.50. The number of hydrogen-bond donors (Lipinski definition) is 1. The monoisotopic (exact) mass is 191 g/mol. The van der Waals surface area contributed by atoms with Crippen molar-refractivity contribution in [1.29, 1.82) is 0 Å². The molecule has 0 saturated heterocycles. The van der Waals surface area contributed by atoms with Crippen molar-refractivity contribution in [3.8, 4) is 5.75 Å². The molecule has 2 heteroatoms. The quantitative estimate of drug-likeness (QED) is 0.742. The van der Waals surface area contributed by atoms with Gasteiger partial charge in [-0.15, -0.1) is 6.58 Å². The van der Waals surface area contributed by atoms with E-state index in [4.69, 9.17) is 10.5 Å². The minimum absolute atomic E-state index is 0.0944. The van der Waals surface area contributed by atoms with Crippen LogP contribution in [-0.2, 0) is 0 Å². The van der Waals surface area contributed by atoms with E-state index >= 15 is 0 Å².